The third kappa shape index (κ3) is 4.86. The molecule has 4 rings (SSSR count). The lowest BCUT2D eigenvalue weighted by Gasteiger charge is -2.29. The van der Waals surface area contributed by atoms with Crippen LogP contribution in [0.4, 0.5) is 5.69 Å². The van der Waals surface area contributed by atoms with Crippen LogP contribution in [0.1, 0.15) is 114 Å². The summed E-state index contributed by atoms with van der Waals surface area (Å²) in [5.74, 6) is 2.37. The number of aromatic nitrogens is 1. The lowest BCUT2D eigenvalue weighted by atomic mass is 9.47. The number of hydrogen-bond donors (Lipinski definition) is 0. The third-order valence-electron chi connectivity index (χ3n) is 7.53. The summed E-state index contributed by atoms with van der Waals surface area (Å²) < 4.78 is 6.62. The number of fused-ring (bicyclic) bond motifs is 2. The largest absolute Gasteiger partial charge is 0.427 e. The van der Waals surface area contributed by atoms with E-state index in [1.807, 2.05) is 0 Å². The highest BCUT2D eigenvalue weighted by Crippen LogP contribution is 2.50. The summed E-state index contributed by atoms with van der Waals surface area (Å²) >= 11 is 0. The van der Waals surface area contributed by atoms with Gasteiger partial charge in [0.15, 0.2) is 0 Å². The Bertz CT molecular complexity index is 925. The highest BCUT2D eigenvalue weighted by molar-refractivity contribution is 6.56. The van der Waals surface area contributed by atoms with Gasteiger partial charge < -0.3 is 4.65 Å². The van der Waals surface area contributed by atoms with Crippen LogP contribution in [0.25, 0.3) is 0 Å². The van der Waals surface area contributed by atoms with Crippen LogP contribution in [0.3, 0.4) is 0 Å². The first-order chi connectivity index (χ1) is 15.3. The number of hydrogen-bond acceptors (Lipinski definition) is 3. The summed E-state index contributed by atoms with van der Waals surface area (Å²) in [6.45, 7) is 13.6. The molecule has 0 spiro atoms. The fraction of sp³-hybridized carbons (Fsp3) is 0.571. The predicted octanol–water partition coefficient (Wildman–Crippen LogP) is 8.26. The van der Waals surface area contributed by atoms with E-state index in [9.17, 15) is 0 Å². The van der Waals surface area contributed by atoms with E-state index < -0.39 is 0 Å². The Morgan fingerprint density at radius 2 is 1.50 bits per heavy atom. The van der Waals surface area contributed by atoms with Crippen LogP contribution in [0.15, 0.2) is 41.4 Å². The maximum Gasteiger partial charge on any atom is 0.300 e. The van der Waals surface area contributed by atoms with Gasteiger partial charge in [-0.15, -0.1) is 0 Å². The fourth-order valence-electron chi connectivity index (χ4n) is 5.67. The quantitative estimate of drug-likeness (QED) is 0.327. The number of nitrogens with zero attached hydrogens (tertiary/aromatic N) is 2. The highest BCUT2D eigenvalue weighted by Gasteiger charge is 2.44. The molecule has 3 unspecified atom stereocenters. The fourth-order valence-corrected chi connectivity index (χ4v) is 5.67. The summed E-state index contributed by atoms with van der Waals surface area (Å²) in [6, 6.07) is 12.9. The summed E-state index contributed by atoms with van der Waals surface area (Å²) in [5, 5.41) is 0. The lowest BCUT2D eigenvalue weighted by molar-refractivity contribution is 0.209. The Hall–Kier alpha value is -1.94. The summed E-state index contributed by atoms with van der Waals surface area (Å²) in [4.78, 5) is 10.1. The van der Waals surface area contributed by atoms with E-state index in [1.54, 1.807) is 0 Å². The van der Waals surface area contributed by atoms with Crippen molar-refractivity contribution in [3.8, 4) is 0 Å². The number of aliphatic imine (C=N–C) groups is 1. The van der Waals surface area contributed by atoms with Gasteiger partial charge in [0.2, 0.25) is 0 Å². The minimum atomic E-state index is 0.0168. The van der Waals surface area contributed by atoms with Gasteiger partial charge in [-0.2, -0.15) is 0 Å². The van der Waals surface area contributed by atoms with E-state index in [4.69, 9.17) is 14.6 Å². The Balaban J connectivity index is 1.59. The molecular formula is C28H39BN2O. The second-order valence-corrected chi connectivity index (χ2v) is 10.5. The first-order valence-electron chi connectivity index (χ1n) is 12.7. The van der Waals surface area contributed by atoms with Crippen LogP contribution in [-0.2, 0) is 4.65 Å². The molecule has 0 N–H and O–H groups in total. The first-order valence-corrected chi connectivity index (χ1v) is 12.7. The zero-order valence-electron chi connectivity index (χ0n) is 20.8. The van der Waals surface area contributed by atoms with E-state index in [2.05, 4.69) is 77.9 Å². The molecule has 2 aromatic rings. The van der Waals surface area contributed by atoms with Gasteiger partial charge in [0.25, 0.3) is 6.92 Å². The van der Waals surface area contributed by atoms with Crippen molar-refractivity contribution in [3.05, 3.63) is 58.9 Å². The first kappa shape index (κ1) is 23.2. The highest BCUT2D eigenvalue weighted by atomic mass is 16.4. The van der Waals surface area contributed by atoms with Crippen LogP contribution in [0, 0.1) is 0 Å². The second kappa shape index (κ2) is 9.91. The van der Waals surface area contributed by atoms with E-state index in [0.29, 0.717) is 18.8 Å². The molecule has 1 aromatic heterocycles. The average Bonchev–Trinajstić information content (AvgIpc) is 2.98. The van der Waals surface area contributed by atoms with Gasteiger partial charge in [-0.05, 0) is 60.6 Å². The Morgan fingerprint density at radius 1 is 0.906 bits per heavy atom. The molecule has 0 saturated carbocycles. The van der Waals surface area contributed by atoms with Crippen molar-refractivity contribution in [1.82, 2.24) is 4.98 Å². The average molecular weight is 430 g/mol. The molecule has 4 heteroatoms. The van der Waals surface area contributed by atoms with Crippen molar-refractivity contribution in [3.63, 3.8) is 0 Å². The number of rotatable bonds is 7. The monoisotopic (exact) mass is 430 g/mol. The van der Waals surface area contributed by atoms with Crippen molar-refractivity contribution >= 4 is 18.3 Å². The predicted molar refractivity (Wildman–Crippen MR) is 137 cm³/mol. The number of pyridine rings is 1. The molecule has 2 aliphatic heterocycles. The zero-order valence-corrected chi connectivity index (χ0v) is 20.8. The van der Waals surface area contributed by atoms with Gasteiger partial charge in [0.1, 0.15) is 0 Å². The van der Waals surface area contributed by atoms with Gasteiger partial charge in [0, 0.05) is 0 Å². The molecule has 2 aliphatic rings. The molecule has 2 saturated heterocycles. The van der Waals surface area contributed by atoms with Crippen molar-refractivity contribution in [2.45, 2.75) is 103 Å². The van der Waals surface area contributed by atoms with Crippen LogP contribution in [-0.4, -0.2) is 17.6 Å². The van der Waals surface area contributed by atoms with Gasteiger partial charge >= 0.3 is 0 Å². The maximum atomic E-state index is 6.62. The normalized spacial score (nSPS) is 22.1. The molecule has 170 valence electrons. The molecule has 2 fully saturated rings. The Kier molecular flexibility index (Phi) is 7.19. The van der Waals surface area contributed by atoms with Crippen molar-refractivity contribution in [1.29, 1.82) is 0 Å². The number of benzene rings is 1. The van der Waals surface area contributed by atoms with Gasteiger partial charge in [0.05, 0.1) is 28.9 Å². The topological polar surface area (TPSA) is 34.5 Å². The van der Waals surface area contributed by atoms with Crippen LogP contribution in [0.5, 0.6) is 0 Å². The van der Waals surface area contributed by atoms with Crippen LogP contribution >= 0.6 is 0 Å². The van der Waals surface area contributed by atoms with E-state index >= 15 is 0 Å². The summed E-state index contributed by atoms with van der Waals surface area (Å²) in [5.41, 5.74) is 6.64. The van der Waals surface area contributed by atoms with Crippen LogP contribution < -0.4 is 0 Å². The minimum absolute atomic E-state index is 0.0168. The Morgan fingerprint density at radius 3 is 2.09 bits per heavy atom. The van der Waals surface area contributed by atoms with Crippen LogP contribution in [0.2, 0.25) is 11.6 Å². The third-order valence-corrected chi connectivity index (χ3v) is 7.53. The van der Waals surface area contributed by atoms with Gasteiger partial charge in [-0.25, -0.2) is 4.98 Å². The zero-order chi connectivity index (χ0) is 22.8. The SMILES string of the molecule is CC(=Nc1c(C(C)C)cccc1C(C)C)c1cccc(C(C)OB2C3CCCC2CC3)n1. The lowest BCUT2D eigenvalue weighted by Crippen LogP contribution is -2.29. The van der Waals surface area contributed by atoms with Crippen molar-refractivity contribution < 1.29 is 4.65 Å². The molecule has 3 heterocycles. The van der Waals surface area contributed by atoms with Gasteiger partial charge in [-0.3, -0.25) is 4.99 Å². The molecule has 0 radical (unpaired) electrons. The summed E-state index contributed by atoms with van der Waals surface area (Å²) in [6.07, 6.45) is 6.75. The standard InChI is InChI=1S/C28H39BN2O/c1-18(2)24-12-8-13-25(19(3)4)28(24)30-20(5)26-14-9-15-27(31-26)21(6)32-29-22-10-7-11-23(29)17-16-22/h8-9,12-15,18-19,21-23H,7,10-11,16-17H2,1-6H3. The van der Waals surface area contributed by atoms with Crippen molar-refractivity contribution in [2.75, 3.05) is 0 Å². The molecule has 32 heavy (non-hydrogen) atoms. The smallest absolute Gasteiger partial charge is 0.300 e. The van der Waals surface area contributed by atoms with E-state index in [0.717, 1.165) is 34.4 Å². The molecule has 1 aromatic carbocycles. The van der Waals surface area contributed by atoms with Crippen molar-refractivity contribution in [2.24, 2.45) is 4.99 Å². The minimum Gasteiger partial charge on any atom is -0.427 e. The van der Waals surface area contributed by atoms with E-state index in [-0.39, 0.29) is 6.10 Å². The molecule has 2 bridgehead atoms. The van der Waals surface area contributed by atoms with E-state index in [1.165, 1.54) is 43.2 Å². The molecule has 0 aliphatic carbocycles. The maximum absolute atomic E-state index is 6.62. The molecular weight excluding hydrogens is 391 g/mol. The van der Waals surface area contributed by atoms with Gasteiger partial charge in [-0.1, -0.05) is 84.1 Å². The number of para-hydroxylation sites is 1. The molecule has 3 nitrogen and oxygen atoms in total. The molecule has 3 atom stereocenters. The molecule has 0 amide bonds. The second-order valence-electron chi connectivity index (χ2n) is 10.5. The summed E-state index contributed by atoms with van der Waals surface area (Å²) in [7, 11) is 0. The Labute approximate surface area is 195 Å².